The van der Waals surface area contributed by atoms with Crippen LogP contribution in [0.2, 0.25) is 5.02 Å². The van der Waals surface area contributed by atoms with Gasteiger partial charge in [-0.1, -0.05) is 53.6 Å². The van der Waals surface area contributed by atoms with Gasteiger partial charge in [-0.25, -0.2) is 4.99 Å². The molecule has 1 heterocycles. The standard InChI is InChI=1S/C24H22ClN3O2/c1-14-3-5-16(6-4-14)18-11-21(29)20(22(30)12-18)13-26-24-23(15(2)27-28-24)17-7-9-19(25)10-8-17/h3-10,13,18,29H,11-12H2,1-2H3,(H,27,28). The van der Waals surface area contributed by atoms with Crippen molar-refractivity contribution in [1.82, 2.24) is 10.2 Å². The molecule has 1 unspecified atom stereocenters. The summed E-state index contributed by atoms with van der Waals surface area (Å²) in [6, 6.07) is 15.5. The minimum Gasteiger partial charge on any atom is -0.511 e. The van der Waals surface area contributed by atoms with E-state index in [9.17, 15) is 9.90 Å². The maximum atomic E-state index is 12.7. The maximum Gasteiger partial charge on any atom is 0.181 e. The third kappa shape index (κ3) is 4.07. The third-order valence-electron chi connectivity index (χ3n) is 5.41. The number of benzene rings is 2. The van der Waals surface area contributed by atoms with Crippen LogP contribution in [0.25, 0.3) is 11.1 Å². The van der Waals surface area contributed by atoms with Gasteiger partial charge in [-0.2, -0.15) is 5.10 Å². The average Bonchev–Trinajstić information content (AvgIpc) is 3.09. The Kier molecular flexibility index (Phi) is 5.55. The second kappa shape index (κ2) is 8.28. The maximum absolute atomic E-state index is 12.7. The van der Waals surface area contributed by atoms with Crippen molar-refractivity contribution in [3.8, 4) is 11.1 Å². The first-order valence-electron chi connectivity index (χ1n) is 9.79. The Bertz CT molecular complexity index is 1140. The normalized spacial score (nSPS) is 17.2. The van der Waals surface area contributed by atoms with Crippen molar-refractivity contribution < 1.29 is 9.90 Å². The molecule has 0 bridgehead atoms. The van der Waals surface area contributed by atoms with Crippen LogP contribution in [0.3, 0.4) is 0 Å². The lowest BCUT2D eigenvalue weighted by molar-refractivity contribution is -0.116. The fraction of sp³-hybridized carbons (Fsp3) is 0.208. The minimum atomic E-state index is -0.117. The predicted octanol–water partition coefficient (Wildman–Crippen LogP) is 6.01. The number of hydrogen-bond donors (Lipinski definition) is 2. The summed E-state index contributed by atoms with van der Waals surface area (Å²) in [7, 11) is 0. The SMILES string of the molecule is Cc1ccc(C2CC(=O)C(C=Nc3n[nH]c(C)c3-c3ccc(Cl)cc3)=C(O)C2)cc1. The summed E-state index contributed by atoms with van der Waals surface area (Å²) in [6.45, 7) is 3.93. The number of carbonyl (C=O) groups excluding carboxylic acids is 1. The highest BCUT2D eigenvalue weighted by molar-refractivity contribution is 6.30. The zero-order valence-corrected chi connectivity index (χ0v) is 17.6. The van der Waals surface area contributed by atoms with E-state index in [2.05, 4.69) is 15.2 Å². The first kappa shape index (κ1) is 20.1. The van der Waals surface area contributed by atoms with Gasteiger partial charge in [0.05, 0.1) is 5.57 Å². The zero-order valence-electron chi connectivity index (χ0n) is 16.8. The summed E-state index contributed by atoms with van der Waals surface area (Å²) in [5.74, 6) is 0.394. The van der Waals surface area contributed by atoms with E-state index in [4.69, 9.17) is 11.6 Å². The molecule has 2 N–H and O–H groups in total. The van der Waals surface area contributed by atoms with Gasteiger partial charge in [0.1, 0.15) is 5.76 Å². The summed E-state index contributed by atoms with van der Waals surface area (Å²) in [5, 5.41) is 18.4. The fourth-order valence-corrected chi connectivity index (χ4v) is 3.85. The molecule has 1 aliphatic rings. The topological polar surface area (TPSA) is 78.3 Å². The monoisotopic (exact) mass is 419 g/mol. The Labute approximate surface area is 180 Å². The van der Waals surface area contributed by atoms with Crippen molar-refractivity contribution in [3.63, 3.8) is 0 Å². The van der Waals surface area contributed by atoms with E-state index < -0.39 is 0 Å². The van der Waals surface area contributed by atoms with Crippen LogP contribution in [0.1, 0.15) is 35.6 Å². The van der Waals surface area contributed by atoms with Crippen molar-refractivity contribution in [2.45, 2.75) is 32.6 Å². The van der Waals surface area contributed by atoms with Gasteiger partial charge < -0.3 is 5.11 Å². The van der Waals surface area contributed by atoms with E-state index in [1.807, 2.05) is 50.2 Å². The minimum absolute atomic E-state index is 0.0208. The third-order valence-corrected chi connectivity index (χ3v) is 5.66. The molecule has 1 atom stereocenters. The Morgan fingerprint density at radius 2 is 1.80 bits per heavy atom. The van der Waals surface area contributed by atoms with Crippen LogP contribution in [-0.2, 0) is 4.79 Å². The number of aliphatic hydroxyl groups excluding tert-OH is 1. The number of H-pyrrole nitrogens is 1. The molecule has 4 rings (SSSR count). The van der Waals surface area contributed by atoms with E-state index in [-0.39, 0.29) is 23.0 Å². The molecule has 2 aromatic carbocycles. The van der Waals surface area contributed by atoms with Gasteiger partial charge in [-0.05, 0) is 43.0 Å². The Morgan fingerprint density at radius 3 is 2.47 bits per heavy atom. The molecular formula is C24H22ClN3O2. The van der Waals surface area contributed by atoms with E-state index in [1.54, 1.807) is 12.1 Å². The highest BCUT2D eigenvalue weighted by atomic mass is 35.5. The van der Waals surface area contributed by atoms with Gasteiger partial charge in [-0.15, -0.1) is 0 Å². The van der Waals surface area contributed by atoms with Crippen LogP contribution in [-0.4, -0.2) is 27.3 Å². The number of aliphatic imine (C=N–C) groups is 1. The number of Topliss-reactive ketones (excluding diaryl/α,β-unsaturated/α-hetero) is 1. The molecule has 0 amide bonds. The van der Waals surface area contributed by atoms with Crippen LogP contribution in [0.4, 0.5) is 5.82 Å². The first-order chi connectivity index (χ1) is 14.4. The van der Waals surface area contributed by atoms with E-state index >= 15 is 0 Å². The number of allylic oxidation sites excluding steroid dienone is 2. The van der Waals surface area contributed by atoms with E-state index in [1.165, 1.54) is 11.8 Å². The number of aromatic nitrogens is 2. The van der Waals surface area contributed by atoms with Gasteiger partial charge in [-0.3, -0.25) is 9.89 Å². The summed E-state index contributed by atoms with van der Waals surface area (Å²) in [4.78, 5) is 17.1. The Balaban J connectivity index is 1.60. The lowest BCUT2D eigenvalue weighted by atomic mass is 9.83. The highest BCUT2D eigenvalue weighted by Crippen LogP contribution is 2.35. The lowest BCUT2D eigenvalue weighted by Crippen LogP contribution is -2.19. The van der Waals surface area contributed by atoms with Gasteiger partial charge in [0.15, 0.2) is 11.6 Å². The van der Waals surface area contributed by atoms with Gasteiger partial charge >= 0.3 is 0 Å². The predicted molar refractivity (Wildman–Crippen MR) is 120 cm³/mol. The second-order valence-corrected chi connectivity index (χ2v) is 8.05. The number of nitrogens with one attached hydrogen (secondary N) is 1. The van der Waals surface area contributed by atoms with Crippen LogP contribution in [0.5, 0.6) is 0 Å². The molecule has 0 fully saturated rings. The number of carbonyl (C=O) groups is 1. The number of ketones is 1. The summed E-state index contributed by atoms with van der Waals surface area (Å²) < 4.78 is 0. The van der Waals surface area contributed by atoms with Crippen molar-refractivity contribution in [1.29, 1.82) is 0 Å². The molecule has 0 saturated carbocycles. The molecule has 0 spiro atoms. The number of rotatable bonds is 4. The zero-order chi connectivity index (χ0) is 21.3. The largest absolute Gasteiger partial charge is 0.511 e. The Morgan fingerprint density at radius 1 is 1.10 bits per heavy atom. The second-order valence-electron chi connectivity index (χ2n) is 7.61. The van der Waals surface area contributed by atoms with Crippen molar-refractivity contribution >= 4 is 29.4 Å². The number of hydrogen-bond acceptors (Lipinski definition) is 4. The number of aryl methyl sites for hydroxylation is 2. The molecule has 30 heavy (non-hydrogen) atoms. The molecule has 0 aliphatic heterocycles. The molecule has 0 saturated heterocycles. The van der Waals surface area contributed by atoms with Gasteiger partial charge in [0.25, 0.3) is 0 Å². The number of aliphatic hydroxyl groups is 1. The smallest absolute Gasteiger partial charge is 0.181 e. The van der Waals surface area contributed by atoms with Crippen LogP contribution >= 0.6 is 11.6 Å². The van der Waals surface area contributed by atoms with Crippen LogP contribution in [0.15, 0.2) is 64.9 Å². The molecule has 1 aliphatic carbocycles. The van der Waals surface area contributed by atoms with Crippen molar-refractivity contribution in [2.24, 2.45) is 4.99 Å². The molecule has 1 aromatic heterocycles. The lowest BCUT2D eigenvalue weighted by Gasteiger charge is -2.22. The van der Waals surface area contributed by atoms with Gasteiger partial charge in [0, 0.05) is 35.3 Å². The molecule has 5 nitrogen and oxygen atoms in total. The first-order valence-corrected chi connectivity index (χ1v) is 10.2. The molecule has 3 aromatic rings. The van der Waals surface area contributed by atoms with Crippen molar-refractivity contribution in [3.05, 3.63) is 81.7 Å². The summed E-state index contributed by atoms with van der Waals surface area (Å²) in [5.41, 5.74) is 5.09. The van der Waals surface area contributed by atoms with Crippen LogP contribution < -0.4 is 0 Å². The van der Waals surface area contributed by atoms with E-state index in [0.29, 0.717) is 23.7 Å². The van der Waals surface area contributed by atoms with Crippen LogP contribution in [0, 0.1) is 13.8 Å². The van der Waals surface area contributed by atoms with Gasteiger partial charge in [0.2, 0.25) is 0 Å². The van der Waals surface area contributed by atoms with E-state index in [0.717, 1.165) is 22.4 Å². The summed E-state index contributed by atoms with van der Waals surface area (Å²) >= 11 is 5.99. The molecule has 6 heteroatoms. The average molecular weight is 420 g/mol. The van der Waals surface area contributed by atoms with Crippen molar-refractivity contribution in [2.75, 3.05) is 0 Å². The number of aromatic amines is 1. The molecule has 0 radical (unpaired) electrons. The fourth-order valence-electron chi connectivity index (χ4n) is 3.73. The quantitative estimate of drug-likeness (QED) is 0.508. The highest BCUT2D eigenvalue weighted by Gasteiger charge is 2.28. The summed E-state index contributed by atoms with van der Waals surface area (Å²) in [6.07, 6.45) is 2.19. The molecular weight excluding hydrogens is 398 g/mol. The number of halogens is 1. The molecule has 152 valence electrons. The Hall–Kier alpha value is -3.18. The number of nitrogens with zero attached hydrogens (tertiary/aromatic N) is 2.